The summed E-state index contributed by atoms with van der Waals surface area (Å²) in [7, 11) is -3.75. The number of nitrogen functional groups attached to an aromatic ring is 1. The van der Waals surface area contributed by atoms with Crippen molar-refractivity contribution >= 4 is 21.6 Å². The first-order chi connectivity index (χ1) is 9.54. The van der Waals surface area contributed by atoms with Gasteiger partial charge in [-0.2, -0.15) is 0 Å². The van der Waals surface area contributed by atoms with Crippen LogP contribution in [0, 0.1) is 0 Å². The second-order valence-corrected chi connectivity index (χ2v) is 5.62. The summed E-state index contributed by atoms with van der Waals surface area (Å²) in [6, 6.07) is 14.1. The number of amides is 1. The van der Waals surface area contributed by atoms with Gasteiger partial charge in [0.2, 0.25) is 0 Å². The molecule has 104 valence electrons. The molecule has 0 fully saturated rings. The van der Waals surface area contributed by atoms with Crippen molar-refractivity contribution in [1.29, 1.82) is 0 Å². The van der Waals surface area contributed by atoms with Crippen LogP contribution in [-0.4, -0.2) is 14.3 Å². The highest BCUT2D eigenvalue weighted by atomic mass is 32.2. The summed E-state index contributed by atoms with van der Waals surface area (Å²) >= 11 is 0. The molecular weight excluding hydrogens is 278 g/mol. The van der Waals surface area contributed by atoms with Crippen LogP contribution in [0.3, 0.4) is 0 Å². The summed E-state index contributed by atoms with van der Waals surface area (Å²) in [5.41, 5.74) is 2.29. The van der Waals surface area contributed by atoms with Gasteiger partial charge in [-0.05, 0) is 24.3 Å². The quantitative estimate of drug-likeness (QED) is 0.446. The third-order valence-corrected chi connectivity index (χ3v) is 3.98. The number of anilines is 1. The Labute approximate surface area is 116 Å². The molecule has 4 N–H and O–H groups in total. The molecule has 2 aromatic rings. The number of carbonyl (C=O) groups is 1. The number of rotatable bonds is 4. The van der Waals surface area contributed by atoms with Gasteiger partial charge in [0.15, 0.2) is 0 Å². The van der Waals surface area contributed by atoms with E-state index in [4.69, 9.17) is 5.84 Å². The molecule has 1 amide bonds. The van der Waals surface area contributed by atoms with Gasteiger partial charge in [-0.15, -0.1) is 0 Å². The Morgan fingerprint density at radius 2 is 1.55 bits per heavy atom. The highest BCUT2D eigenvalue weighted by Gasteiger charge is 2.17. The van der Waals surface area contributed by atoms with Gasteiger partial charge < -0.3 is 0 Å². The van der Waals surface area contributed by atoms with Crippen molar-refractivity contribution in [2.45, 2.75) is 4.90 Å². The van der Waals surface area contributed by atoms with Crippen molar-refractivity contribution in [3.63, 3.8) is 0 Å². The van der Waals surface area contributed by atoms with Crippen LogP contribution >= 0.6 is 0 Å². The van der Waals surface area contributed by atoms with Crippen molar-refractivity contribution in [3.05, 3.63) is 60.2 Å². The van der Waals surface area contributed by atoms with Gasteiger partial charge in [0.05, 0.1) is 16.1 Å². The number of benzene rings is 2. The molecule has 0 saturated heterocycles. The van der Waals surface area contributed by atoms with Crippen LogP contribution in [0.25, 0.3) is 0 Å². The van der Waals surface area contributed by atoms with Gasteiger partial charge in [-0.3, -0.25) is 14.9 Å². The number of hydrogen-bond donors (Lipinski definition) is 3. The Hall–Kier alpha value is -2.38. The maximum absolute atomic E-state index is 12.2. The molecule has 0 radical (unpaired) electrons. The van der Waals surface area contributed by atoms with E-state index >= 15 is 0 Å². The lowest BCUT2D eigenvalue weighted by atomic mass is 10.2. The fourth-order valence-corrected chi connectivity index (χ4v) is 2.75. The van der Waals surface area contributed by atoms with Crippen LogP contribution in [0.1, 0.15) is 10.4 Å². The van der Waals surface area contributed by atoms with E-state index in [1.54, 1.807) is 30.3 Å². The molecule has 6 nitrogen and oxygen atoms in total. The summed E-state index contributed by atoms with van der Waals surface area (Å²) in [6.45, 7) is 0. The third-order valence-electron chi connectivity index (χ3n) is 2.60. The zero-order valence-electron chi connectivity index (χ0n) is 10.4. The van der Waals surface area contributed by atoms with Crippen LogP contribution in [-0.2, 0) is 10.0 Å². The van der Waals surface area contributed by atoms with Gasteiger partial charge >= 0.3 is 0 Å². The van der Waals surface area contributed by atoms with E-state index in [1.807, 2.05) is 5.43 Å². The van der Waals surface area contributed by atoms with Crippen LogP contribution in [0.15, 0.2) is 59.5 Å². The normalized spacial score (nSPS) is 10.8. The number of hydrogen-bond acceptors (Lipinski definition) is 4. The zero-order chi connectivity index (χ0) is 14.6. The molecule has 20 heavy (non-hydrogen) atoms. The lowest BCUT2D eigenvalue weighted by Crippen LogP contribution is -2.31. The second kappa shape index (κ2) is 5.72. The van der Waals surface area contributed by atoms with E-state index < -0.39 is 15.9 Å². The van der Waals surface area contributed by atoms with E-state index in [-0.39, 0.29) is 16.1 Å². The number of nitrogens with one attached hydrogen (secondary N) is 2. The van der Waals surface area contributed by atoms with Crippen LogP contribution in [0.4, 0.5) is 5.69 Å². The number of hydrazine groups is 1. The second-order valence-electron chi connectivity index (χ2n) is 3.94. The molecule has 0 spiro atoms. The first kappa shape index (κ1) is 14.0. The van der Waals surface area contributed by atoms with Crippen LogP contribution in [0.2, 0.25) is 0 Å². The van der Waals surface area contributed by atoms with E-state index in [2.05, 4.69) is 4.72 Å². The third kappa shape index (κ3) is 2.95. The predicted molar refractivity (Wildman–Crippen MR) is 75.3 cm³/mol. The number of sulfonamides is 1. The predicted octanol–water partition coefficient (Wildman–Crippen LogP) is 1.09. The van der Waals surface area contributed by atoms with Crippen molar-refractivity contribution in [2.24, 2.45) is 5.84 Å². The van der Waals surface area contributed by atoms with Crippen molar-refractivity contribution < 1.29 is 13.2 Å². The van der Waals surface area contributed by atoms with Crippen molar-refractivity contribution in [2.75, 3.05) is 4.72 Å². The summed E-state index contributed by atoms with van der Waals surface area (Å²) in [4.78, 5) is 11.7. The molecule has 0 bridgehead atoms. The number of carbonyl (C=O) groups excluding carboxylic acids is 1. The molecule has 0 aliphatic rings. The SMILES string of the molecule is NNC(=O)c1ccccc1NS(=O)(=O)c1ccccc1. The molecule has 2 aromatic carbocycles. The van der Waals surface area contributed by atoms with Crippen molar-refractivity contribution in [1.82, 2.24) is 5.43 Å². The van der Waals surface area contributed by atoms with Gasteiger partial charge in [0.25, 0.3) is 15.9 Å². The lowest BCUT2D eigenvalue weighted by molar-refractivity contribution is 0.0954. The monoisotopic (exact) mass is 291 g/mol. The Bertz CT molecular complexity index is 715. The summed E-state index contributed by atoms with van der Waals surface area (Å²) in [6.07, 6.45) is 0. The molecule has 0 heterocycles. The summed E-state index contributed by atoms with van der Waals surface area (Å²) in [5, 5.41) is 0. The van der Waals surface area contributed by atoms with Gasteiger partial charge in [0, 0.05) is 0 Å². The highest BCUT2D eigenvalue weighted by molar-refractivity contribution is 7.92. The minimum atomic E-state index is -3.75. The van der Waals surface area contributed by atoms with E-state index in [1.165, 1.54) is 24.3 Å². The van der Waals surface area contributed by atoms with Crippen LogP contribution < -0.4 is 16.0 Å². The molecule has 0 aliphatic heterocycles. The fraction of sp³-hybridized carbons (Fsp3) is 0. The molecule has 0 aromatic heterocycles. The number of para-hydroxylation sites is 1. The maximum Gasteiger partial charge on any atom is 0.267 e. The van der Waals surface area contributed by atoms with E-state index in [9.17, 15) is 13.2 Å². The molecule has 2 rings (SSSR count). The summed E-state index contributed by atoms with van der Waals surface area (Å²) in [5.74, 6) is 4.50. The number of nitrogens with two attached hydrogens (primary N) is 1. The molecule has 7 heteroatoms. The molecule has 0 unspecified atom stereocenters. The standard InChI is InChI=1S/C13H13N3O3S/c14-15-13(17)11-8-4-5-9-12(11)16-20(18,19)10-6-2-1-3-7-10/h1-9,16H,14H2,(H,15,17). The Kier molecular flexibility index (Phi) is 4.02. The summed E-state index contributed by atoms with van der Waals surface area (Å²) < 4.78 is 26.8. The van der Waals surface area contributed by atoms with Gasteiger partial charge in [0.1, 0.15) is 0 Å². The Morgan fingerprint density at radius 3 is 2.20 bits per heavy atom. The molecule has 0 saturated carbocycles. The smallest absolute Gasteiger partial charge is 0.267 e. The minimum Gasteiger partial charge on any atom is -0.290 e. The first-order valence-corrected chi connectivity index (χ1v) is 7.21. The fourth-order valence-electron chi connectivity index (χ4n) is 1.65. The minimum absolute atomic E-state index is 0.114. The Balaban J connectivity index is 2.38. The van der Waals surface area contributed by atoms with Gasteiger partial charge in [-0.25, -0.2) is 14.3 Å². The molecule has 0 atom stereocenters. The van der Waals surface area contributed by atoms with E-state index in [0.29, 0.717) is 0 Å². The maximum atomic E-state index is 12.2. The topological polar surface area (TPSA) is 101 Å². The largest absolute Gasteiger partial charge is 0.290 e. The highest BCUT2D eigenvalue weighted by Crippen LogP contribution is 2.19. The van der Waals surface area contributed by atoms with Crippen LogP contribution in [0.5, 0.6) is 0 Å². The van der Waals surface area contributed by atoms with E-state index in [0.717, 1.165) is 0 Å². The molecular formula is C13H13N3O3S. The van der Waals surface area contributed by atoms with Gasteiger partial charge in [-0.1, -0.05) is 30.3 Å². The van der Waals surface area contributed by atoms with Crippen molar-refractivity contribution in [3.8, 4) is 0 Å². The average molecular weight is 291 g/mol. The Morgan fingerprint density at radius 1 is 0.950 bits per heavy atom. The lowest BCUT2D eigenvalue weighted by Gasteiger charge is -2.11. The first-order valence-electron chi connectivity index (χ1n) is 5.72. The zero-order valence-corrected chi connectivity index (χ0v) is 11.2. The molecule has 0 aliphatic carbocycles. The average Bonchev–Trinajstić information content (AvgIpc) is 2.47.